The summed E-state index contributed by atoms with van der Waals surface area (Å²) >= 11 is -2.04. The maximum Gasteiger partial charge on any atom is -1.00 e. The van der Waals surface area contributed by atoms with Crippen molar-refractivity contribution in [2.45, 2.75) is 75.5 Å². The fourth-order valence-corrected chi connectivity index (χ4v) is 26.8. The van der Waals surface area contributed by atoms with E-state index in [4.69, 9.17) is 0 Å². The Hall–Kier alpha value is -0.920. The Bertz CT molecular complexity index is 1290. The number of fused-ring (bicyclic) bond motifs is 4. The van der Waals surface area contributed by atoms with Crippen molar-refractivity contribution < 1.29 is 45.7 Å². The minimum atomic E-state index is -2.04. The van der Waals surface area contributed by atoms with Gasteiger partial charge in [-0.2, -0.15) is 0 Å². The van der Waals surface area contributed by atoms with E-state index in [0.717, 1.165) is 6.42 Å². The van der Waals surface area contributed by atoms with Crippen molar-refractivity contribution in [3.8, 4) is 11.1 Å². The summed E-state index contributed by atoms with van der Waals surface area (Å²) in [5, 5.41) is 0. The molecule has 0 amide bonds. The quantitative estimate of drug-likeness (QED) is 0.310. The van der Waals surface area contributed by atoms with Gasteiger partial charge in [-0.25, -0.2) is 0 Å². The monoisotopic (exact) mass is 611 g/mol. The minimum Gasteiger partial charge on any atom is -1.00 e. The molecule has 0 heterocycles. The predicted molar refractivity (Wildman–Crippen MR) is 149 cm³/mol. The van der Waals surface area contributed by atoms with Crippen LogP contribution in [0.3, 0.4) is 0 Å². The van der Waals surface area contributed by atoms with Crippen LogP contribution in [0.25, 0.3) is 17.2 Å². The van der Waals surface area contributed by atoms with Gasteiger partial charge in [0, 0.05) is 0 Å². The normalized spacial score (nSPS) is 15.6. The SMILES string of the molecule is C[SiH](C)[Zr+2]([c]1c(C(C)(C)C)ccc2c1Cc1cc(C(C)(C)C)ccc1-2)[CH]1C=Cc2ccccc21.[Cl-].[Cl-]. The zero-order valence-corrected chi connectivity index (χ0v) is 28.1. The first-order chi connectivity index (χ1) is 16.0. The second-order valence-corrected chi connectivity index (χ2v) is 32.1. The molecule has 2 aliphatic carbocycles. The largest absolute Gasteiger partial charge is 1.00 e. The smallest absolute Gasteiger partial charge is 1.00 e. The maximum absolute atomic E-state index is 2.65. The van der Waals surface area contributed by atoms with Crippen LogP contribution >= 0.6 is 0 Å². The van der Waals surface area contributed by atoms with E-state index >= 15 is 0 Å². The third kappa shape index (κ3) is 5.18. The van der Waals surface area contributed by atoms with Crippen molar-refractivity contribution in [3.05, 3.63) is 94.1 Å². The molecular weight excluding hydrogens is 575 g/mol. The summed E-state index contributed by atoms with van der Waals surface area (Å²) in [5.74, 6) is -0.848. The molecule has 0 saturated heterocycles. The second kappa shape index (κ2) is 10.7. The molecule has 3 aromatic rings. The van der Waals surface area contributed by atoms with Gasteiger partial charge in [-0.3, -0.25) is 0 Å². The van der Waals surface area contributed by atoms with E-state index in [-0.39, 0.29) is 35.6 Å². The molecule has 0 aromatic heterocycles. The van der Waals surface area contributed by atoms with Crippen molar-refractivity contribution in [1.29, 1.82) is 0 Å². The molecule has 189 valence electrons. The molecule has 4 heteroatoms. The fourth-order valence-electron chi connectivity index (χ4n) is 6.02. The van der Waals surface area contributed by atoms with Crippen molar-refractivity contribution in [2.24, 2.45) is 0 Å². The van der Waals surface area contributed by atoms with Gasteiger partial charge in [-0.15, -0.1) is 0 Å². The van der Waals surface area contributed by atoms with Gasteiger partial charge < -0.3 is 24.8 Å². The van der Waals surface area contributed by atoms with Gasteiger partial charge in [0.05, 0.1) is 0 Å². The summed E-state index contributed by atoms with van der Waals surface area (Å²) in [6, 6.07) is 21.5. The zero-order chi connectivity index (χ0) is 24.4. The molecule has 3 aromatic carbocycles. The van der Waals surface area contributed by atoms with Crippen molar-refractivity contribution in [3.63, 3.8) is 0 Å². The summed E-state index contributed by atoms with van der Waals surface area (Å²) in [5.41, 5.74) is 12.8. The van der Waals surface area contributed by atoms with E-state index in [0.29, 0.717) is 3.63 Å². The van der Waals surface area contributed by atoms with Gasteiger partial charge in [0.25, 0.3) is 0 Å². The zero-order valence-electron chi connectivity index (χ0n) is 23.0. The van der Waals surface area contributed by atoms with Gasteiger partial charge in [-0.05, 0) is 0 Å². The van der Waals surface area contributed by atoms with Crippen LogP contribution in [-0.2, 0) is 38.2 Å². The first-order valence-electron chi connectivity index (χ1n) is 12.9. The van der Waals surface area contributed by atoms with Crippen molar-refractivity contribution >= 4 is 15.3 Å². The number of halogens is 2. The fraction of sp³-hybridized carbons (Fsp3) is 0.375. The molecule has 0 radical (unpaired) electrons. The van der Waals surface area contributed by atoms with Gasteiger partial charge >= 0.3 is 217 Å². The third-order valence-electron chi connectivity index (χ3n) is 7.79. The molecular formula is C32H39Cl2SiZr. The van der Waals surface area contributed by atoms with E-state index in [1.54, 1.807) is 22.3 Å². The maximum atomic E-state index is 2.65. The molecule has 2 aliphatic rings. The summed E-state index contributed by atoms with van der Waals surface area (Å²) < 4.78 is 2.56. The molecule has 0 saturated carbocycles. The summed E-state index contributed by atoms with van der Waals surface area (Å²) in [6.45, 7) is 19.6. The van der Waals surface area contributed by atoms with Crippen LogP contribution in [0.4, 0.5) is 0 Å². The number of rotatable bonds is 3. The van der Waals surface area contributed by atoms with Crippen LogP contribution in [-0.4, -0.2) is 5.92 Å². The minimum absolute atomic E-state index is 0. The van der Waals surface area contributed by atoms with E-state index < -0.39 is 26.8 Å². The first-order valence-corrected chi connectivity index (χ1v) is 22.7. The number of hydrogen-bond acceptors (Lipinski definition) is 0. The molecule has 36 heavy (non-hydrogen) atoms. The van der Waals surface area contributed by atoms with E-state index in [9.17, 15) is 0 Å². The average Bonchev–Trinajstić information content (AvgIpc) is 3.34. The number of allylic oxidation sites excluding steroid dienone is 1. The van der Waals surface area contributed by atoms with E-state index in [2.05, 4.69) is 121 Å². The average molecular weight is 614 g/mol. The predicted octanol–water partition coefficient (Wildman–Crippen LogP) is 1.86. The Morgan fingerprint density at radius 1 is 0.806 bits per heavy atom. The van der Waals surface area contributed by atoms with Gasteiger partial charge in [0.15, 0.2) is 0 Å². The van der Waals surface area contributed by atoms with Crippen LogP contribution < -0.4 is 28.1 Å². The Kier molecular flexibility index (Phi) is 8.79. The van der Waals surface area contributed by atoms with Crippen LogP contribution in [0.2, 0.25) is 13.1 Å². The van der Waals surface area contributed by atoms with Gasteiger partial charge in [-0.1, -0.05) is 0 Å². The molecule has 1 atom stereocenters. The summed E-state index contributed by atoms with van der Waals surface area (Å²) in [6.07, 6.45) is 6.14. The summed E-state index contributed by atoms with van der Waals surface area (Å²) in [7, 11) is 0. The first kappa shape index (κ1) is 29.6. The van der Waals surface area contributed by atoms with Crippen molar-refractivity contribution in [1.82, 2.24) is 0 Å². The van der Waals surface area contributed by atoms with Crippen LogP contribution in [0.1, 0.15) is 78.5 Å². The van der Waals surface area contributed by atoms with Crippen LogP contribution in [0.5, 0.6) is 0 Å². The van der Waals surface area contributed by atoms with Gasteiger partial charge in [0.1, 0.15) is 0 Å². The Morgan fingerprint density at radius 3 is 2.11 bits per heavy atom. The Morgan fingerprint density at radius 2 is 1.47 bits per heavy atom. The Balaban J connectivity index is 0.00000180. The van der Waals surface area contributed by atoms with E-state index in [1.165, 1.54) is 22.3 Å². The number of benzene rings is 3. The molecule has 5 rings (SSSR count). The third-order valence-corrected chi connectivity index (χ3v) is 27.8. The Labute approximate surface area is 240 Å². The summed E-state index contributed by atoms with van der Waals surface area (Å²) in [4.78, 5) is 0. The molecule has 0 fully saturated rings. The second-order valence-electron chi connectivity index (χ2n) is 12.6. The molecule has 0 spiro atoms. The molecule has 0 bridgehead atoms. The van der Waals surface area contributed by atoms with Crippen molar-refractivity contribution in [2.75, 3.05) is 0 Å². The van der Waals surface area contributed by atoms with Crippen LogP contribution in [0, 0.1) is 0 Å². The topological polar surface area (TPSA) is 0 Å². The molecule has 0 N–H and O–H groups in total. The van der Waals surface area contributed by atoms with Crippen LogP contribution in [0.15, 0.2) is 60.7 Å². The molecule has 0 nitrogen and oxygen atoms in total. The standard InChI is InChI=1S/C21H25.C9H7.C2H7Si.2ClH.Zr/c1-20(2,3)16-7-9-18-14(12-16)11-15-13-17(21(4,5)6)8-10-19(15)18;1-2-5-9-7-3-6-8(9)4-1;1-3-2;;;/h7-10,12H,11H2,1-6H3;1-7H;3H,1-2H3;2*1H;/q;;;;;+2/p-2. The van der Waals surface area contributed by atoms with Gasteiger partial charge in [0.2, 0.25) is 0 Å². The number of hydrogen-bond donors (Lipinski definition) is 0. The molecule has 0 aliphatic heterocycles. The van der Waals surface area contributed by atoms with E-state index in [1.807, 2.05) is 3.27 Å². The molecule has 1 unspecified atom stereocenters.